The molecule has 0 radical (unpaired) electrons. The fraction of sp³-hybridized carbons (Fsp3) is 0.526. The van der Waals surface area contributed by atoms with Crippen molar-refractivity contribution in [3.05, 3.63) is 35.5 Å². The Labute approximate surface area is 168 Å². The molecule has 0 heterocycles. The van der Waals surface area contributed by atoms with E-state index in [4.69, 9.17) is 14.2 Å². The van der Waals surface area contributed by atoms with Crippen molar-refractivity contribution in [1.29, 1.82) is 0 Å². The first kappa shape index (κ1) is 26.5. The molecule has 0 saturated carbocycles. The number of ether oxygens (including phenoxy) is 3. The van der Waals surface area contributed by atoms with E-state index in [1.54, 1.807) is 0 Å². The molecule has 0 atom stereocenters. The van der Waals surface area contributed by atoms with Crippen molar-refractivity contribution in [1.82, 2.24) is 0 Å². The van der Waals surface area contributed by atoms with Gasteiger partial charge in [-0.1, -0.05) is 20.1 Å². The van der Waals surface area contributed by atoms with Crippen molar-refractivity contribution in [2.75, 3.05) is 26.4 Å². The molecule has 0 fully saturated rings. The van der Waals surface area contributed by atoms with E-state index >= 15 is 0 Å². The third kappa shape index (κ3) is 7.42. The van der Waals surface area contributed by atoms with Crippen LogP contribution in [0.25, 0.3) is 0 Å². The lowest BCUT2D eigenvalue weighted by Gasteiger charge is -2.31. The minimum absolute atomic E-state index is 0.0731. The van der Waals surface area contributed by atoms with Gasteiger partial charge in [0.2, 0.25) is 0 Å². The zero-order valence-corrected chi connectivity index (χ0v) is 16.8. The summed E-state index contributed by atoms with van der Waals surface area (Å²) in [6.45, 7) is 7.81. The van der Waals surface area contributed by atoms with Gasteiger partial charge in [-0.3, -0.25) is 0 Å². The van der Waals surface area contributed by atoms with E-state index in [2.05, 4.69) is 13.2 Å². The fourth-order valence-corrected chi connectivity index (χ4v) is 1.99. The van der Waals surface area contributed by atoms with E-state index in [1.165, 1.54) is 20.8 Å². The minimum Gasteiger partial charge on any atom is -0.396 e. The Morgan fingerprint density at radius 1 is 0.828 bits per heavy atom. The smallest absolute Gasteiger partial charge is 0.396 e. The zero-order chi connectivity index (χ0) is 22.8. The second kappa shape index (κ2) is 12.1. The van der Waals surface area contributed by atoms with Crippen LogP contribution >= 0.6 is 0 Å². The van der Waals surface area contributed by atoms with Crippen LogP contribution in [0.2, 0.25) is 0 Å². The molecule has 0 aliphatic heterocycles. The summed E-state index contributed by atoms with van der Waals surface area (Å²) in [7, 11) is 0. The third-order valence-corrected chi connectivity index (χ3v) is 3.71. The second-order valence-electron chi connectivity index (χ2n) is 6.16. The highest BCUT2D eigenvalue weighted by Gasteiger charge is 2.44. The van der Waals surface area contributed by atoms with Gasteiger partial charge in [-0.25, -0.2) is 14.4 Å². The molecule has 10 nitrogen and oxygen atoms in total. The number of carbonyl (C=O) groups excluding carboxylic acids is 3. The zero-order valence-electron chi connectivity index (χ0n) is 16.8. The molecule has 0 saturated heterocycles. The number of esters is 3. The highest BCUT2D eigenvalue weighted by atomic mass is 16.9. The van der Waals surface area contributed by atoms with Crippen LogP contribution in [0.3, 0.4) is 0 Å². The molecule has 0 aromatic rings. The Hall–Kier alpha value is -2.53. The van der Waals surface area contributed by atoms with Gasteiger partial charge in [0, 0.05) is 22.6 Å². The molecule has 0 spiro atoms. The molecule has 10 heteroatoms. The number of rotatable bonds is 12. The van der Waals surface area contributed by atoms with E-state index in [0.717, 1.165) is 0 Å². The summed E-state index contributed by atoms with van der Waals surface area (Å²) in [6, 6.07) is 0. The van der Waals surface area contributed by atoms with Crippen LogP contribution in [-0.4, -0.2) is 70.7 Å². The maximum Gasteiger partial charge on any atom is 0.423 e. The molecule has 0 unspecified atom stereocenters. The molecule has 0 aliphatic rings. The molecule has 0 amide bonds. The van der Waals surface area contributed by atoms with Gasteiger partial charge in [0.05, 0.1) is 32.8 Å². The van der Waals surface area contributed by atoms with Gasteiger partial charge in [0.25, 0.3) is 0 Å². The van der Waals surface area contributed by atoms with Crippen LogP contribution in [0.5, 0.6) is 0 Å². The Bertz CT molecular complexity index is 638. The molecule has 164 valence electrons. The summed E-state index contributed by atoms with van der Waals surface area (Å²) in [4.78, 5) is 36.8. The summed E-state index contributed by atoms with van der Waals surface area (Å²) >= 11 is 0. The van der Waals surface area contributed by atoms with Crippen molar-refractivity contribution in [2.45, 2.75) is 33.2 Å². The van der Waals surface area contributed by atoms with Crippen LogP contribution < -0.4 is 0 Å². The minimum atomic E-state index is -2.51. The van der Waals surface area contributed by atoms with Gasteiger partial charge in [-0.2, -0.15) is 0 Å². The molecule has 29 heavy (non-hydrogen) atoms. The maximum absolute atomic E-state index is 12.8. The average Bonchev–Trinajstić information content (AvgIpc) is 2.67. The van der Waals surface area contributed by atoms with E-state index in [0.29, 0.717) is 0 Å². The lowest BCUT2D eigenvalue weighted by molar-refractivity contribution is -0.326. The van der Waals surface area contributed by atoms with Gasteiger partial charge < -0.3 is 34.6 Å². The van der Waals surface area contributed by atoms with Crippen LogP contribution in [-0.2, 0) is 28.6 Å². The summed E-state index contributed by atoms with van der Waals surface area (Å²) in [5.41, 5.74) is -0.840. The largest absolute Gasteiger partial charge is 0.423 e. The van der Waals surface area contributed by atoms with Crippen molar-refractivity contribution in [2.24, 2.45) is 5.92 Å². The van der Waals surface area contributed by atoms with Crippen molar-refractivity contribution in [3.8, 4) is 0 Å². The van der Waals surface area contributed by atoms with E-state index < -0.39 is 61.8 Å². The molecular weight excluding hydrogens is 388 g/mol. The number of aliphatic hydroxyl groups is 4. The Morgan fingerprint density at radius 3 is 1.48 bits per heavy atom. The molecule has 4 N–H and O–H groups in total. The van der Waals surface area contributed by atoms with Crippen LogP contribution in [0.4, 0.5) is 0 Å². The van der Waals surface area contributed by atoms with Crippen LogP contribution in [0.1, 0.15) is 27.2 Å². The predicted octanol–water partition coefficient (Wildman–Crippen LogP) is -0.286. The Morgan fingerprint density at radius 2 is 1.21 bits per heavy atom. The molecule has 0 aromatic carbocycles. The molecule has 0 aromatic heterocycles. The lowest BCUT2D eigenvalue weighted by atomic mass is 9.95. The number of hydrogen-bond donors (Lipinski definition) is 4. The Balaban J connectivity index is 6.24. The van der Waals surface area contributed by atoms with Crippen LogP contribution in [0, 0.1) is 5.92 Å². The van der Waals surface area contributed by atoms with Crippen molar-refractivity contribution in [3.63, 3.8) is 0 Å². The standard InChI is InChI=1S/C19H28O10/c1-6-19(27-16(24)11(2)3,28-17(25)12(4)5)29-18(26)15(13(7-20)8-21)14(9-22)10-23/h13,20-23H,2,4,6-10H2,1,3,5H3. The van der Waals surface area contributed by atoms with Gasteiger partial charge in [0.15, 0.2) is 0 Å². The highest BCUT2D eigenvalue weighted by molar-refractivity contribution is 5.92. The topological polar surface area (TPSA) is 160 Å². The van der Waals surface area contributed by atoms with Gasteiger partial charge in [-0.05, 0) is 19.4 Å². The number of aliphatic hydroxyl groups excluding tert-OH is 4. The van der Waals surface area contributed by atoms with Crippen molar-refractivity contribution < 1.29 is 49.0 Å². The summed E-state index contributed by atoms with van der Waals surface area (Å²) in [5, 5.41) is 37.6. The first-order chi connectivity index (χ1) is 13.5. The average molecular weight is 416 g/mol. The van der Waals surface area contributed by atoms with Gasteiger partial charge in [-0.15, -0.1) is 0 Å². The maximum atomic E-state index is 12.8. The SMILES string of the molecule is C=C(C)C(=O)OC(CC)(OC(=O)C(=C)C)OC(=O)C(=C(CO)CO)C(CO)CO. The Kier molecular flexibility index (Phi) is 11.1. The summed E-state index contributed by atoms with van der Waals surface area (Å²) in [5.74, 6) is -7.07. The van der Waals surface area contributed by atoms with Crippen molar-refractivity contribution >= 4 is 17.9 Å². The number of carbonyl (C=O) groups is 3. The lowest BCUT2D eigenvalue weighted by Crippen LogP contribution is -2.45. The first-order valence-corrected chi connectivity index (χ1v) is 8.68. The van der Waals surface area contributed by atoms with Gasteiger partial charge in [0.1, 0.15) is 0 Å². The van der Waals surface area contributed by atoms with E-state index in [1.807, 2.05) is 0 Å². The first-order valence-electron chi connectivity index (χ1n) is 8.68. The molecule has 0 rings (SSSR count). The van der Waals surface area contributed by atoms with E-state index in [-0.39, 0.29) is 23.1 Å². The summed E-state index contributed by atoms with van der Waals surface area (Å²) in [6.07, 6.45) is -0.333. The monoisotopic (exact) mass is 416 g/mol. The van der Waals surface area contributed by atoms with E-state index in [9.17, 15) is 34.8 Å². The van der Waals surface area contributed by atoms with Crippen LogP contribution in [0.15, 0.2) is 35.5 Å². The second-order valence-corrected chi connectivity index (χ2v) is 6.16. The predicted molar refractivity (Wildman–Crippen MR) is 99.8 cm³/mol. The number of hydrogen-bond acceptors (Lipinski definition) is 10. The highest BCUT2D eigenvalue weighted by Crippen LogP contribution is 2.27. The van der Waals surface area contributed by atoms with Gasteiger partial charge >= 0.3 is 23.9 Å². The molecule has 0 aliphatic carbocycles. The normalized spacial score (nSPS) is 10.9. The molecular formula is C19H28O10. The third-order valence-electron chi connectivity index (χ3n) is 3.71. The quantitative estimate of drug-likeness (QED) is 0.189. The summed E-state index contributed by atoms with van der Waals surface area (Å²) < 4.78 is 15.2. The fourth-order valence-electron chi connectivity index (χ4n) is 1.99. The molecule has 0 bridgehead atoms.